The summed E-state index contributed by atoms with van der Waals surface area (Å²) in [6.07, 6.45) is 0. The average Bonchev–Trinajstić information content (AvgIpc) is 2.80. The van der Waals surface area contributed by atoms with Crippen LogP contribution in [0.2, 0.25) is 0 Å². The fourth-order valence-electron chi connectivity index (χ4n) is 2.88. The lowest BCUT2D eigenvalue weighted by Gasteiger charge is -2.23. The number of sulfonamides is 1. The number of anilines is 2. The molecule has 0 aliphatic carbocycles. The Morgan fingerprint density at radius 3 is 2.22 bits per heavy atom. The third kappa shape index (κ3) is 5.02. The average molecular weight is 464 g/mol. The third-order valence-electron chi connectivity index (χ3n) is 4.42. The van der Waals surface area contributed by atoms with E-state index in [9.17, 15) is 26.4 Å². The Morgan fingerprint density at radius 2 is 1.59 bits per heavy atom. The predicted molar refractivity (Wildman–Crippen MR) is 114 cm³/mol. The zero-order valence-corrected chi connectivity index (χ0v) is 17.7. The lowest BCUT2D eigenvalue weighted by molar-refractivity contribution is -0.118. The number of ether oxygens (including phenoxy) is 1. The molecule has 0 saturated heterocycles. The van der Waals surface area contributed by atoms with Gasteiger partial charge >= 0.3 is 0 Å². The van der Waals surface area contributed by atoms with Crippen LogP contribution in [0.25, 0.3) is 0 Å². The molecular formula is C22H19F3N2O4S. The van der Waals surface area contributed by atoms with E-state index in [1.54, 1.807) is 25.1 Å². The summed E-state index contributed by atoms with van der Waals surface area (Å²) in [5.74, 6) is -5.11. The van der Waals surface area contributed by atoms with Crippen molar-refractivity contribution in [3.63, 3.8) is 0 Å². The minimum absolute atomic E-state index is 0.156. The molecule has 3 aromatic rings. The number of hydrogen-bond donors (Lipinski definition) is 1. The first-order valence-electron chi connectivity index (χ1n) is 9.48. The Bertz CT molecular complexity index is 1200. The number of hydrogen-bond acceptors (Lipinski definition) is 4. The van der Waals surface area contributed by atoms with Gasteiger partial charge in [0.15, 0.2) is 24.1 Å². The second-order valence-electron chi connectivity index (χ2n) is 6.54. The van der Waals surface area contributed by atoms with Gasteiger partial charge in [0, 0.05) is 6.54 Å². The molecule has 10 heteroatoms. The number of nitrogens with zero attached hydrogens (tertiary/aromatic N) is 1. The van der Waals surface area contributed by atoms with E-state index in [-0.39, 0.29) is 17.2 Å². The van der Waals surface area contributed by atoms with Crippen LogP contribution < -0.4 is 14.4 Å². The van der Waals surface area contributed by atoms with Crippen LogP contribution in [0.1, 0.15) is 6.92 Å². The van der Waals surface area contributed by atoms with Gasteiger partial charge in [0.25, 0.3) is 15.9 Å². The number of carbonyl (C=O) groups is 1. The molecule has 168 valence electrons. The summed E-state index contributed by atoms with van der Waals surface area (Å²) >= 11 is 0. The zero-order chi connectivity index (χ0) is 23.3. The monoisotopic (exact) mass is 464 g/mol. The summed E-state index contributed by atoms with van der Waals surface area (Å²) in [5.41, 5.74) is -0.116. The molecule has 32 heavy (non-hydrogen) atoms. The maximum absolute atomic E-state index is 13.6. The Balaban J connectivity index is 1.65. The first-order chi connectivity index (χ1) is 15.2. The molecule has 0 aliphatic heterocycles. The number of nitrogens with one attached hydrogen (secondary N) is 1. The van der Waals surface area contributed by atoms with Crippen LogP contribution in [-0.4, -0.2) is 27.5 Å². The van der Waals surface area contributed by atoms with E-state index in [0.29, 0.717) is 11.8 Å². The molecule has 0 atom stereocenters. The van der Waals surface area contributed by atoms with Crippen LogP contribution in [0.5, 0.6) is 5.75 Å². The lowest BCUT2D eigenvalue weighted by atomic mass is 10.2. The van der Waals surface area contributed by atoms with Gasteiger partial charge in [-0.3, -0.25) is 9.10 Å². The van der Waals surface area contributed by atoms with E-state index < -0.39 is 45.7 Å². The van der Waals surface area contributed by atoms with E-state index in [1.165, 1.54) is 40.7 Å². The molecule has 1 amide bonds. The van der Waals surface area contributed by atoms with Crippen LogP contribution in [0.3, 0.4) is 0 Å². The van der Waals surface area contributed by atoms with Crippen molar-refractivity contribution in [1.82, 2.24) is 0 Å². The SMILES string of the molecule is CCN(c1ccc(OCC(=O)Nc2ccc(F)c(F)c2F)cc1)S(=O)(=O)c1ccccc1. The predicted octanol–water partition coefficient (Wildman–Crippen LogP) is 4.34. The van der Waals surface area contributed by atoms with Crippen molar-refractivity contribution in [3.8, 4) is 5.75 Å². The number of rotatable bonds is 8. The molecule has 0 heterocycles. The number of amides is 1. The highest BCUT2D eigenvalue weighted by molar-refractivity contribution is 7.92. The van der Waals surface area contributed by atoms with Gasteiger partial charge in [0.05, 0.1) is 16.3 Å². The van der Waals surface area contributed by atoms with Crippen molar-refractivity contribution in [3.05, 3.63) is 84.2 Å². The Morgan fingerprint density at radius 1 is 0.938 bits per heavy atom. The number of carbonyl (C=O) groups excluding carboxylic acids is 1. The molecule has 0 radical (unpaired) electrons. The summed E-state index contributed by atoms with van der Waals surface area (Å²) in [7, 11) is -3.75. The van der Waals surface area contributed by atoms with Gasteiger partial charge in [-0.1, -0.05) is 18.2 Å². The normalized spacial score (nSPS) is 11.1. The standard InChI is InChI=1S/C22H19F3N2O4S/c1-2-27(32(29,30)17-6-4-3-5-7-17)15-8-10-16(11-9-15)31-14-20(28)26-19-13-12-18(23)21(24)22(19)25/h3-13H,2,14H2,1H3,(H,26,28). The fourth-order valence-corrected chi connectivity index (χ4v) is 4.37. The molecule has 3 rings (SSSR count). The maximum Gasteiger partial charge on any atom is 0.264 e. The highest BCUT2D eigenvalue weighted by Gasteiger charge is 2.23. The quantitative estimate of drug-likeness (QED) is 0.504. The van der Waals surface area contributed by atoms with Crippen LogP contribution in [0, 0.1) is 17.5 Å². The summed E-state index contributed by atoms with van der Waals surface area (Å²) in [6.45, 7) is 1.36. The van der Waals surface area contributed by atoms with Crippen LogP contribution in [-0.2, 0) is 14.8 Å². The smallest absolute Gasteiger partial charge is 0.264 e. The van der Waals surface area contributed by atoms with Gasteiger partial charge in [-0.15, -0.1) is 0 Å². The van der Waals surface area contributed by atoms with Crippen molar-refractivity contribution in [2.45, 2.75) is 11.8 Å². The van der Waals surface area contributed by atoms with E-state index in [2.05, 4.69) is 5.32 Å². The molecule has 6 nitrogen and oxygen atoms in total. The topological polar surface area (TPSA) is 75.7 Å². The number of halogens is 3. The third-order valence-corrected chi connectivity index (χ3v) is 6.34. The fraction of sp³-hybridized carbons (Fsp3) is 0.136. The molecule has 0 saturated carbocycles. The van der Waals surface area contributed by atoms with Crippen molar-refractivity contribution in [2.75, 3.05) is 22.8 Å². The second-order valence-corrected chi connectivity index (χ2v) is 8.40. The summed E-state index contributed by atoms with van der Waals surface area (Å²) < 4.78 is 72.1. The van der Waals surface area contributed by atoms with Crippen LogP contribution >= 0.6 is 0 Å². The van der Waals surface area contributed by atoms with Crippen LogP contribution in [0.4, 0.5) is 24.5 Å². The van der Waals surface area contributed by atoms with E-state index in [0.717, 1.165) is 6.07 Å². The van der Waals surface area contributed by atoms with Gasteiger partial charge in [-0.2, -0.15) is 0 Å². The molecule has 0 aromatic heterocycles. The van der Waals surface area contributed by atoms with E-state index in [1.807, 2.05) is 0 Å². The highest BCUT2D eigenvalue weighted by atomic mass is 32.2. The first-order valence-corrected chi connectivity index (χ1v) is 10.9. The van der Waals surface area contributed by atoms with E-state index >= 15 is 0 Å². The molecule has 0 fully saturated rings. The van der Waals surface area contributed by atoms with Gasteiger partial charge in [-0.25, -0.2) is 21.6 Å². The lowest BCUT2D eigenvalue weighted by Crippen LogP contribution is -2.30. The van der Waals surface area contributed by atoms with Gasteiger partial charge < -0.3 is 10.1 Å². The van der Waals surface area contributed by atoms with E-state index in [4.69, 9.17) is 4.74 Å². The first kappa shape index (κ1) is 23.1. The Kier molecular flexibility index (Phi) is 7.04. The van der Waals surface area contributed by atoms with Gasteiger partial charge in [-0.05, 0) is 55.5 Å². The van der Waals surface area contributed by atoms with Crippen molar-refractivity contribution >= 4 is 27.3 Å². The van der Waals surface area contributed by atoms with Gasteiger partial charge in [0.1, 0.15) is 5.75 Å². The Labute approximate surface area is 183 Å². The summed E-state index contributed by atoms with van der Waals surface area (Å²) in [6, 6.07) is 15.6. The van der Waals surface area contributed by atoms with Gasteiger partial charge in [0.2, 0.25) is 0 Å². The minimum atomic E-state index is -3.75. The largest absolute Gasteiger partial charge is 0.484 e. The molecule has 3 aromatic carbocycles. The molecule has 0 unspecified atom stereocenters. The Hall–Kier alpha value is -3.53. The molecule has 1 N–H and O–H groups in total. The van der Waals surface area contributed by atoms with Crippen molar-refractivity contribution < 1.29 is 31.1 Å². The summed E-state index contributed by atoms with van der Waals surface area (Å²) in [4.78, 5) is 12.1. The minimum Gasteiger partial charge on any atom is -0.484 e. The molecule has 0 aliphatic rings. The maximum atomic E-state index is 13.6. The molecule has 0 bridgehead atoms. The molecule has 0 spiro atoms. The van der Waals surface area contributed by atoms with Crippen molar-refractivity contribution in [1.29, 1.82) is 0 Å². The van der Waals surface area contributed by atoms with Crippen LogP contribution in [0.15, 0.2) is 71.6 Å². The molecular weight excluding hydrogens is 445 g/mol. The van der Waals surface area contributed by atoms with Crippen molar-refractivity contribution in [2.24, 2.45) is 0 Å². The zero-order valence-electron chi connectivity index (χ0n) is 16.9. The number of benzene rings is 3. The highest BCUT2D eigenvalue weighted by Crippen LogP contribution is 2.26. The second kappa shape index (κ2) is 9.73. The summed E-state index contributed by atoms with van der Waals surface area (Å²) in [5, 5.41) is 2.09.